The van der Waals surface area contributed by atoms with Crippen molar-refractivity contribution in [3.05, 3.63) is 34.3 Å². The van der Waals surface area contributed by atoms with Gasteiger partial charge in [0.25, 0.3) is 0 Å². The highest BCUT2D eigenvalue weighted by atomic mass is 35.5. The third kappa shape index (κ3) is 6.43. The highest BCUT2D eigenvalue weighted by Crippen LogP contribution is 2.17. The fourth-order valence-corrected chi connectivity index (χ4v) is 1.56. The van der Waals surface area contributed by atoms with E-state index in [-0.39, 0.29) is 13.2 Å². The number of benzene rings is 1. The molecule has 3 nitrogen and oxygen atoms in total. The number of nitrogens with one attached hydrogen (secondary N) is 1. The Bertz CT molecular complexity index is 457. The molecule has 0 amide bonds. The van der Waals surface area contributed by atoms with Gasteiger partial charge >= 0.3 is 6.18 Å². The van der Waals surface area contributed by atoms with Crippen molar-refractivity contribution in [3.8, 4) is 6.07 Å². The average Bonchev–Trinajstić information content (AvgIpc) is 2.33. The van der Waals surface area contributed by atoms with Crippen molar-refractivity contribution in [1.29, 1.82) is 5.26 Å². The smallest absolute Gasteiger partial charge is 0.371 e. The monoisotopic (exact) mass is 292 g/mol. The van der Waals surface area contributed by atoms with Crippen LogP contribution in [0.3, 0.4) is 0 Å². The first kappa shape index (κ1) is 15.8. The van der Waals surface area contributed by atoms with Crippen LogP contribution in [0.15, 0.2) is 18.2 Å². The van der Waals surface area contributed by atoms with E-state index in [1.807, 2.05) is 6.07 Å². The standard InChI is InChI=1S/C12H12ClF3N2O/c13-11-5-9(6-17)1-2-10(11)7-18-3-4-19-8-12(14,15)16/h1-2,5,18H,3-4,7-8H2. The molecule has 0 aromatic heterocycles. The van der Waals surface area contributed by atoms with Gasteiger partial charge in [-0.3, -0.25) is 0 Å². The lowest BCUT2D eigenvalue weighted by Crippen LogP contribution is -2.23. The summed E-state index contributed by atoms with van der Waals surface area (Å²) in [6.07, 6.45) is -4.30. The van der Waals surface area contributed by atoms with E-state index in [2.05, 4.69) is 10.1 Å². The summed E-state index contributed by atoms with van der Waals surface area (Å²) in [4.78, 5) is 0. The fourth-order valence-electron chi connectivity index (χ4n) is 1.32. The van der Waals surface area contributed by atoms with Gasteiger partial charge in [-0.25, -0.2) is 0 Å². The van der Waals surface area contributed by atoms with Gasteiger partial charge in [0, 0.05) is 18.1 Å². The molecule has 104 valence electrons. The van der Waals surface area contributed by atoms with Crippen LogP contribution in [0, 0.1) is 11.3 Å². The van der Waals surface area contributed by atoms with Crippen LogP contribution in [0.1, 0.15) is 11.1 Å². The molecule has 0 unspecified atom stereocenters. The predicted molar refractivity (Wildman–Crippen MR) is 64.7 cm³/mol. The number of halogens is 4. The maximum Gasteiger partial charge on any atom is 0.411 e. The van der Waals surface area contributed by atoms with E-state index in [0.29, 0.717) is 17.1 Å². The van der Waals surface area contributed by atoms with Gasteiger partial charge in [0.2, 0.25) is 0 Å². The molecular formula is C12H12ClF3N2O. The molecule has 1 aromatic carbocycles. The van der Waals surface area contributed by atoms with Crippen LogP contribution >= 0.6 is 11.6 Å². The van der Waals surface area contributed by atoms with Crippen LogP contribution in [0.5, 0.6) is 0 Å². The molecule has 0 bridgehead atoms. The highest BCUT2D eigenvalue weighted by molar-refractivity contribution is 6.31. The molecule has 1 N–H and O–H groups in total. The Labute approximate surface area is 113 Å². The molecule has 0 heterocycles. The summed E-state index contributed by atoms with van der Waals surface area (Å²) in [5.74, 6) is 0. The number of nitriles is 1. The van der Waals surface area contributed by atoms with Crippen molar-refractivity contribution in [3.63, 3.8) is 0 Å². The summed E-state index contributed by atoms with van der Waals surface area (Å²) in [6, 6.07) is 6.83. The maximum absolute atomic E-state index is 11.8. The first-order valence-electron chi connectivity index (χ1n) is 5.46. The van der Waals surface area contributed by atoms with E-state index < -0.39 is 12.8 Å². The van der Waals surface area contributed by atoms with Crippen LogP contribution in [0.4, 0.5) is 13.2 Å². The van der Waals surface area contributed by atoms with Crippen LogP contribution in [0.2, 0.25) is 5.02 Å². The predicted octanol–water partition coefficient (Wildman–Crippen LogP) is 2.88. The minimum atomic E-state index is -4.30. The first-order valence-corrected chi connectivity index (χ1v) is 5.84. The summed E-state index contributed by atoms with van der Waals surface area (Å²) in [5.41, 5.74) is 1.23. The van der Waals surface area contributed by atoms with E-state index in [4.69, 9.17) is 16.9 Å². The number of nitrogens with zero attached hydrogens (tertiary/aromatic N) is 1. The highest BCUT2D eigenvalue weighted by Gasteiger charge is 2.27. The molecule has 0 aliphatic heterocycles. The minimum absolute atomic E-state index is 0.0343. The number of hydrogen-bond donors (Lipinski definition) is 1. The third-order valence-corrected chi connectivity index (χ3v) is 2.54. The fraction of sp³-hybridized carbons (Fsp3) is 0.417. The lowest BCUT2D eigenvalue weighted by atomic mass is 10.1. The van der Waals surface area contributed by atoms with E-state index in [1.165, 1.54) is 0 Å². The number of alkyl halides is 3. The van der Waals surface area contributed by atoms with Gasteiger partial charge < -0.3 is 10.1 Å². The van der Waals surface area contributed by atoms with Crippen molar-refractivity contribution in [2.24, 2.45) is 0 Å². The summed E-state index contributed by atoms with van der Waals surface area (Å²) < 4.78 is 39.7. The Hall–Kier alpha value is -1.29. The molecule has 0 spiro atoms. The molecule has 0 saturated carbocycles. The zero-order valence-corrected chi connectivity index (χ0v) is 10.7. The Kier molecular flexibility index (Phi) is 6.09. The summed E-state index contributed by atoms with van der Waals surface area (Å²) in [5, 5.41) is 12.0. The molecule has 1 rings (SSSR count). The molecule has 0 atom stereocenters. The molecule has 0 fully saturated rings. The number of hydrogen-bond acceptors (Lipinski definition) is 3. The summed E-state index contributed by atoms with van der Waals surface area (Å²) in [6.45, 7) is -0.591. The van der Waals surface area contributed by atoms with Crippen molar-refractivity contribution >= 4 is 11.6 Å². The second kappa shape index (κ2) is 7.34. The van der Waals surface area contributed by atoms with Gasteiger partial charge in [-0.1, -0.05) is 17.7 Å². The first-order chi connectivity index (χ1) is 8.92. The maximum atomic E-state index is 11.8. The number of rotatable bonds is 6. The van der Waals surface area contributed by atoms with E-state index >= 15 is 0 Å². The van der Waals surface area contributed by atoms with Gasteiger partial charge in [-0.05, 0) is 17.7 Å². The van der Waals surface area contributed by atoms with E-state index in [0.717, 1.165) is 5.56 Å². The van der Waals surface area contributed by atoms with Crippen molar-refractivity contribution in [1.82, 2.24) is 5.32 Å². The molecular weight excluding hydrogens is 281 g/mol. The molecule has 0 aliphatic rings. The largest absolute Gasteiger partial charge is 0.411 e. The molecule has 1 aromatic rings. The van der Waals surface area contributed by atoms with Crippen molar-refractivity contribution in [2.75, 3.05) is 19.8 Å². The SMILES string of the molecule is N#Cc1ccc(CNCCOCC(F)(F)F)c(Cl)c1. The average molecular weight is 293 g/mol. The normalized spacial score (nSPS) is 11.3. The summed E-state index contributed by atoms with van der Waals surface area (Å²) in [7, 11) is 0. The Morgan fingerprint density at radius 1 is 1.37 bits per heavy atom. The Balaban J connectivity index is 2.25. The molecule has 0 saturated heterocycles. The molecule has 7 heteroatoms. The zero-order chi connectivity index (χ0) is 14.3. The Morgan fingerprint density at radius 3 is 2.68 bits per heavy atom. The lowest BCUT2D eigenvalue weighted by molar-refractivity contribution is -0.173. The van der Waals surface area contributed by atoms with Gasteiger partial charge in [-0.15, -0.1) is 0 Å². The van der Waals surface area contributed by atoms with Gasteiger partial charge in [0.05, 0.1) is 18.2 Å². The molecule has 19 heavy (non-hydrogen) atoms. The minimum Gasteiger partial charge on any atom is -0.371 e. The number of ether oxygens (including phenoxy) is 1. The van der Waals surface area contributed by atoms with E-state index in [9.17, 15) is 13.2 Å². The quantitative estimate of drug-likeness (QED) is 0.820. The van der Waals surface area contributed by atoms with E-state index in [1.54, 1.807) is 18.2 Å². The molecule has 0 radical (unpaired) electrons. The zero-order valence-electron chi connectivity index (χ0n) is 9.93. The lowest BCUT2D eigenvalue weighted by Gasteiger charge is -2.09. The van der Waals surface area contributed by atoms with Gasteiger partial charge in [0.1, 0.15) is 6.61 Å². The molecule has 0 aliphatic carbocycles. The third-order valence-electron chi connectivity index (χ3n) is 2.19. The second-order valence-corrected chi connectivity index (χ2v) is 4.17. The van der Waals surface area contributed by atoms with Crippen LogP contribution in [-0.2, 0) is 11.3 Å². The van der Waals surface area contributed by atoms with Gasteiger partial charge in [-0.2, -0.15) is 18.4 Å². The van der Waals surface area contributed by atoms with Crippen LogP contribution in [0.25, 0.3) is 0 Å². The van der Waals surface area contributed by atoms with Crippen LogP contribution < -0.4 is 5.32 Å². The Morgan fingerprint density at radius 2 is 2.11 bits per heavy atom. The summed E-state index contributed by atoms with van der Waals surface area (Å²) >= 11 is 5.94. The van der Waals surface area contributed by atoms with Crippen molar-refractivity contribution in [2.45, 2.75) is 12.7 Å². The topological polar surface area (TPSA) is 45.0 Å². The van der Waals surface area contributed by atoms with Crippen LogP contribution in [-0.4, -0.2) is 25.9 Å². The van der Waals surface area contributed by atoms with Crippen molar-refractivity contribution < 1.29 is 17.9 Å². The van der Waals surface area contributed by atoms with Gasteiger partial charge in [0.15, 0.2) is 0 Å². The second-order valence-electron chi connectivity index (χ2n) is 3.76.